The predicted molar refractivity (Wildman–Crippen MR) is 98.1 cm³/mol. The number of hydrogen-bond acceptors (Lipinski definition) is 3. The number of urea groups is 1. The van der Waals surface area contributed by atoms with E-state index >= 15 is 0 Å². The molecule has 2 amide bonds. The van der Waals surface area contributed by atoms with Gasteiger partial charge in [0.15, 0.2) is 0 Å². The van der Waals surface area contributed by atoms with E-state index in [1.165, 1.54) is 6.42 Å². The van der Waals surface area contributed by atoms with E-state index in [1.54, 1.807) is 0 Å². The van der Waals surface area contributed by atoms with E-state index in [0.717, 1.165) is 29.8 Å². The van der Waals surface area contributed by atoms with Crippen molar-refractivity contribution >= 4 is 23.5 Å². The molecule has 2 rings (SSSR count). The summed E-state index contributed by atoms with van der Waals surface area (Å²) in [5, 5.41) is 3.74. The molecule has 0 aliphatic heterocycles. The van der Waals surface area contributed by atoms with Crippen molar-refractivity contribution in [3.63, 3.8) is 0 Å². The molecule has 0 unspecified atom stereocenters. The van der Waals surface area contributed by atoms with Crippen molar-refractivity contribution in [2.45, 2.75) is 51.0 Å². The van der Waals surface area contributed by atoms with Crippen molar-refractivity contribution in [3.8, 4) is 0 Å². The van der Waals surface area contributed by atoms with Crippen LogP contribution in [-0.2, 0) is 11.3 Å². The monoisotopic (exact) mass is 336 g/mol. The summed E-state index contributed by atoms with van der Waals surface area (Å²) in [6.07, 6.45) is 3.41. The highest BCUT2D eigenvalue weighted by Crippen LogP contribution is 2.32. The fraction of sp³-hybridized carbons (Fsp3) is 0.611. The van der Waals surface area contributed by atoms with Crippen molar-refractivity contribution in [1.29, 1.82) is 0 Å². The lowest BCUT2D eigenvalue weighted by Gasteiger charge is -2.25. The van der Waals surface area contributed by atoms with Gasteiger partial charge < -0.3 is 15.0 Å². The van der Waals surface area contributed by atoms with Gasteiger partial charge in [-0.3, -0.25) is 0 Å². The maximum absolute atomic E-state index is 12.6. The van der Waals surface area contributed by atoms with Gasteiger partial charge in [0.2, 0.25) is 0 Å². The lowest BCUT2D eigenvalue weighted by molar-refractivity contribution is 0.134. The molecule has 0 radical (unpaired) electrons. The van der Waals surface area contributed by atoms with E-state index in [1.807, 2.05) is 54.9 Å². The Hall–Kier alpha value is -1.20. The Balaban J connectivity index is 1.94. The zero-order valence-electron chi connectivity index (χ0n) is 14.4. The highest BCUT2D eigenvalue weighted by atomic mass is 32.2. The molecule has 4 nitrogen and oxygen atoms in total. The summed E-state index contributed by atoms with van der Waals surface area (Å²) in [6.45, 7) is 5.36. The first-order chi connectivity index (χ1) is 11.2. The molecule has 1 aromatic rings. The maximum atomic E-state index is 12.6. The van der Waals surface area contributed by atoms with Crippen molar-refractivity contribution in [2.24, 2.45) is 0 Å². The second-order valence-corrected chi connectivity index (χ2v) is 7.46. The fourth-order valence-electron chi connectivity index (χ4n) is 3.01. The molecule has 0 bridgehead atoms. The van der Waals surface area contributed by atoms with Gasteiger partial charge >= 0.3 is 6.03 Å². The molecular formula is C18H28N2O2S. The Morgan fingerprint density at radius 2 is 2.13 bits per heavy atom. The average Bonchev–Trinajstić information content (AvgIpc) is 3.02. The van der Waals surface area contributed by atoms with Gasteiger partial charge in [0, 0.05) is 36.2 Å². The number of rotatable bonds is 7. The van der Waals surface area contributed by atoms with Crippen LogP contribution in [0, 0.1) is 0 Å². The number of nitrogens with one attached hydrogen (secondary N) is 1. The Morgan fingerprint density at radius 1 is 1.35 bits per heavy atom. The SMILES string of the molecule is CCOCc1ccccc1NC(=O)N(C)[C@@H]1CC[C@@H](SCC)C1. The third-order valence-electron chi connectivity index (χ3n) is 4.35. The molecule has 1 aliphatic carbocycles. The second-order valence-electron chi connectivity index (χ2n) is 5.88. The first-order valence-electron chi connectivity index (χ1n) is 8.46. The van der Waals surface area contributed by atoms with E-state index in [-0.39, 0.29) is 6.03 Å². The van der Waals surface area contributed by atoms with Gasteiger partial charge in [-0.05, 0) is 38.0 Å². The molecular weight excluding hydrogens is 308 g/mol. The van der Waals surface area contributed by atoms with E-state index < -0.39 is 0 Å². The zero-order valence-corrected chi connectivity index (χ0v) is 15.2. The molecule has 5 heteroatoms. The summed E-state index contributed by atoms with van der Waals surface area (Å²) >= 11 is 2.01. The van der Waals surface area contributed by atoms with E-state index in [2.05, 4.69) is 12.2 Å². The van der Waals surface area contributed by atoms with E-state index in [9.17, 15) is 4.79 Å². The minimum absolute atomic E-state index is 0.0268. The molecule has 128 valence electrons. The summed E-state index contributed by atoms with van der Waals surface area (Å²) < 4.78 is 5.48. The van der Waals surface area contributed by atoms with E-state index in [4.69, 9.17) is 4.74 Å². The van der Waals surface area contributed by atoms with Gasteiger partial charge in [0.25, 0.3) is 0 Å². The molecule has 0 heterocycles. The first-order valence-corrected chi connectivity index (χ1v) is 9.51. The lowest BCUT2D eigenvalue weighted by atomic mass is 10.2. The van der Waals surface area contributed by atoms with Crippen molar-refractivity contribution < 1.29 is 9.53 Å². The summed E-state index contributed by atoms with van der Waals surface area (Å²) in [5.74, 6) is 1.15. The Bertz CT molecular complexity index is 510. The van der Waals surface area contributed by atoms with Gasteiger partial charge in [-0.2, -0.15) is 11.8 Å². The Kier molecular flexibility index (Phi) is 7.24. The van der Waals surface area contributed by atoms with Crippen LogP contribution >= 0.6 is 11.8 Å². The van der Waals surface area contributed by atoms with Crippen LogP contribution in [0.5, 0.6) is 0 Å². The second kappa shape index (κ2) is 9.18. The Morgan fingerprint density at radius 3 is 2.87 bits per heavy atom. The van der Waals surface area contributed by atoms with Gasteiger partial charge in [-0.15, -0.1) is 0 Å². The molecule has 0 saturated heterocycles. The fourth-order valence-corrected chi connectivity index (χ4v) is 4.14. The smallest absolute Gasteiger partial charge is 0.321 e. The minimum Gasteiger partial charge on any atom is -0.377 e. The molecule has 0 aromatic heterocycles. The minimum atomic E-state index is -0.0268. The summed E-state index contributed by atoms with van der Waals surface area (Å²) in [4.78, 5) is 14.4. The van der Waals surface area contributed by atoms with Crippen LogP contribution < -0.4 is 5.32 Å². The number of carbonyl (C=O) groups excluding carboxylic acids is 1. The molecule has 2 atom stereocenters. The average molecular weight is 337 g/mol. The van der Waals surface area contributed by atoms with Crippen molar-refractivity contribution in [2.75, 3.05) is 24.7 Å². The van der Waals surface area contributed by atoms with Gasteiger partial charge in [-0.25, -0.2) is 4.79 Å². The number of para-hydroxylation sites is 1. The molecule has 1 fully saturated rings. The number of hydrogen-bond donors (Lipinski definition) is 1. The predicted octanol–water partition coefficient (Wildman–Crippen LogP) is 4.36. The summed E-state index contributed by atoms with van der Waals surface area (Å²) in [5.41, 5.74) is 1.86. The number of benzene rings is 1. The number of thioether (sulfide) groups is 1. The largest absolute Gasteiger partial charge is 0.377 e. The lowest BCUT2D eigenvalue weighted by Crippen LogP contribution is -2.38. The number of nitrogens with zero attached hydrogens (tertiary/aromatic N) is 1. The van der Waals surface area contributed by atoms with Crippen LogP contribution in [0.2, 0.25) is 0 Å². The van der Waals surface area contributed by atoms with Crippen LogP contribution in [-0.4, -0.2) is 41.6 Å². The third-order valence-corrected chi connectivity index (χ3v) is 5.58. The van der Waals surface area contributed by atoms with Gasteiger partial charge in [-0.1, -0.05) is 25.1 Å². The van der Waals surface area contributed by atoms with Crippen LogP contribution in [0.15, 0.2) is 24.3 Å². The zero-order chi connectivity index (χ0) is 16.7. The topological polar surface area (TPSA) is 41.6 Å². The summed E-state index contributed by atoms with van der Waals surface area (Å²) in [6, 6.07) is 8.16. The van der Waals surface area contributed by atoms with Gasteiger partial charge in [0.1, 0.15) is 0 Å². The quantitative estimate of drug-likeness (QED) is 0.804. The Labute approximate surface area is 144 Å². The maximum Gasteiger partial charge on any atom is 0.321 e. The van der Waals surface area contributed by atoms with Crippen LogP contribution in [0.25, 0.3) is 0 Å². The van der Waals surface area contributed by atoms with Crippen LogP contribution in [0.3, 0.4) is 0 Å². The molecule has 23 heavy (non-hydrogen) atoms. The first kappa shape index (κ1) is 18.1. The highest BCUT2D eigenvalue weighted by molar-refractivity contribution is 7.99. The molecule has 0 spiro atoms. The van der Waals surface area contributed by atoms with Gasteiger partial charge in [0.05, 0.1) is 6.61 Å². The highest BCUT2D eigenvalue weighted by Gasteiger charge is 2.29. The van der Waals surface area contributed by atoms with Crippen molar-refractivity contribution in [3.05, 3.63) is 29.8 Å². The molecule has 1 saturated carbocycles. The third kappa shape index (κ3) is 5.15. The summed E-state index contributed by atoms with van der Waals surface area (Å²) in [7, 11) is 1.91. The van der Waals surface area contributed by atoms with E-state index in [0.29, 0.717) is 24.5 Å². The molecule has 1 aliphatic rings. The number of anilines is 1. The normalized spacial score (nSPS) is 20.5. The molecule has 1 N–H and O–H groups in total. The van der Waals surface area contributed by atoms with Crippen molar-refractivity contribution in [1.82, 2.24) is 4.90 Å². The molecule has 1 aromatic carbocycles. The number of ether oxygens (including phenoxy) is 1. The number of amides is 2. The number of carbonyl (C=O) groups is 1. The standard InChI is InChI=1S/C18H28N2O2S/c1-4-22-13-14-8-6-7-9-17(14)19-18(21)20(3)15-10-11-16(12-15)23-5-2/h6-9,15-16H,4-5,10-13H2,1-3H3,(H,19,21)/t15-,16-/m1/s1. The van der Waals surface area contributed by atoms with Crippen LogP contribution in [0.1, 0.15) is 38.7 Å². The van der Waals surface area contributed by atoms with Crippen LogP contribution in [0.4, 0.5) is 10.5 Å².